The normalized spacial score (nSPS) is 10.3. The molecule has 0 aliphatic carbocycles. The van der Waals surface area contributed by atoms with Gasteiger partial charge >= 0.3 is 0 Å². The van der Waals surface area contributed by atoms with Gasteiger partial charge in [0.25, 0.3) is 5.91 Å². The van der Waals surface area contributed by atoms with Crippen LogP contribution in [0, 0.1) is 0 Å². The number of carbonyl (C=O) groups is 2. The second-order valence-corrected chi connectivity index (χ2v) is 4.60. The third kappa shape index (κ3) is 5.57. The minimum Gasteiger partial charge on any atom is -0.459 e. The molecule has 1 aromatic carbocycles. The van der Waals surface area contributed by atoms with Gasteiger partial charge in [0.05, 0.1) is 19.5 Å². The fourth-order valence-corrected chi connectivity index (χ4v) is 1.74. The molecule has 2 amide bonds. The molecule has 2 aromatic rings. The Bertz CT molecular complexity index is 622. The van der Waals surface area contributed by atoms with Crippen LogP contribution in [0.25, 0.3) is 0 Å². The number of carbonyl (C=O) groups excluding carboxylic acids is 2. The Morgan fingerprint density at radius 2 is 1.74 bits per heavy atom. The van der Waals surface area contributed by atoms with Gasteiger partial charge in [0.1, 0.15) is 6.61 Å². The summed E-state index contributed by atoms with van der Waals surface area (Å²) in [5.74, 6) is -0.359. The largest absolute Gasteiger partial charge is 0.459 e. The van der Waals surface area contributed by atoms with Crippen LogP contribution in [0.4, 0.5) is 11.4 Å². The highest BCUT2D eigenvalue weighted by Gasteiger charge is 2.08. The molecule has 122 valence electrons. The minimum absolute atomic E-state index is 0.0413. The smallest absolute Gasteiger partial charge is 0.291 e. The first-order chi connectivity index (χ1) is 11.2. The number of amides is 2. The molecule has 1 aromatic heterocycles. The van der Waals surface area contributed by atoms with Crippen LogP contribution in [-0.4, -0.2) is 38.7 Å². The molecule has 0 atom stereocenters. The fraction of sp³-hybridized carbons (Fsp3) is 0.250. The molecule has 7 heteroatoms. The van der Waals surface area contributed by atoms with Crippen LogP contribution in [0.1, 0.15) is 10.6 Å². The zero-order valence-electron chi connectivity index (χ0n) is 12.7. The van der Waals surface area contributed by atoms with E-state index in [-0.39, 0.29) is 24.2 Å². The van der Waals surface area contributed by atoms with E-state index < -0.39 is 0 Å². The first-order valence-electron chi connectivity index (χ1n) is 7.00. The zero-order chi connectivity index (χ0) is 16.5. The Morgan fingerprint density at radius 1 is 1.04 bits per heavy atom. The van der Waals surface area contributed by atoms with Crippen molar-refractivity contribution in [3.63, 3.8) is 0 Å². The van der Waals surface area contributed by atoms with E-state index in [4.69, 9.17) is 13.9 Å². The number of methoxy groups -OCH3 is 1. The minimum atomic E-state index is -0.335. The molecule has 7 nitrogen and oxygen atoms in total. The molecule has 0 aliphatic rings. The Morgan fingerprint density at radius 3 is 2.35 bits per heavy atom. The highest BCUT2D eigenvalue weighted by atomic mass is 16.5. The predicted octanol–water partition coefficient (Wildman–Crippen LogP) is 2.13. The molecule has 0 fully saturated rings. The molecule has 0 aliphatic heterocycles. The first kappa shape index (κ1) is 16.7. The van der Waals surface area contributed by atoms with Crippen LogP contribution in [0.2, 0.25) is 0 Å². The van der Waals surface area contributed by atoms with E-state index in [2.05, 4.69) is 10.6 Å². The van der Waals surface area contributed by atoms with Crippen molar-refractivity contribution in [1.82, 2.24) is 0 Å². The van der Waals surface area contributed by atoms with E-state index in [9.17, 15) is 9.59 Å². The van der Waals surface area contributed by atoms with E-state index in [1.807, 2.05) is 0 Å². The van der Waals surface area contributed by atoms with Crippen molar-refractivity contribution in [2.24, 2.45) is 0 Å². The standard InChI is InChI=1S/C16H18N2O5/c1-21-9-10-22-11-15(19)17-12-4-6-13(7-5-12)18-16(20)14-3-2-8-23-14/h2-8H,9-11H2,1H3,(H,17,19)(H,18,20). The second-order valence-electron chi connectivity index (χ2n) is 4.60. The van der Waals surface area contributed by atoms with Gasteiger partial charge < -0.3 is 24.5 Å². The van der Waals surface area contributed by atoms with Gasteiger partial charge in [0.15, 0.2) is 5.76 Å². The van der Waals surface area contributed by atoms with E-state index in [1.54, 1.807) is 43.5 Å². The monoisotopic (exact) mass is 318 g/mol. The number of anilines is 2. The predicted molar refractivity (Wildman–Crippen MR) is 84.4 cm³/mol. The summed E-state index contributed by atoms with van der Waals surface area (Å²) >= 11 is 0. The Balaban J connectivity index is 1.80. The molecule has 0 bridgehead atoms. The number of ether oxygens (including phenoxy) is 2. The van der Waals surface area contributed by atoms with Gasteiger partial charge in [-0.05, 0) is 36.4 Å². The summed E-state index contributed by atoms with van der Waals surface area (Å²) in [6.07, 6.45) is 1.43. The van der Waals surface area contributed by atoms with Gasteiger partial charge in [0.2, 0.25) is 5.91 Å². The summed E-state index contributed by atoms with van der Waals surface area (Å²) in [6.45, 7) is 0.763. The van der Waals surface area contributed by atoms with Crippen molar-refractivity contribution < 1.29 is 23.5 Å². The average molecular weight is 318 g/mol. The van der Waals surface area contributed by atoms with Gasteiger partial charge in [-0.15, -0.1) is 0 Å². The summed E-state index contributed by atoms with van der Waals surface area (Å²) in [6, 6.07) is 9.95. The Hall–Kier alpha value is -2.64. The molecule has 0 spiro atoms. The van der Waals surface area contributed by atoms with Crippen molar-refractivity contribution >= 4 is 23.2 Å². The van der Waals surface area contributed by atoms with Gasteiger partial charge in [-0.2, -0.15) is 0 Å². The molecule has 23 heavy (non-hydrogen) atoms. The number of hydrogen-bond donors (Lipinski definition) is 2. The van der Waals surface area contributed by atoms with E-state index in [1.165, 1.54) is 6.26 Å². The van der Waals surface area contributed by atoms with Crippen LogP contribution < -0.4 is 10.6 Å². The molecule has 0 saturated heterocycles. The number of benzene rings is 1. The fourth-order valence-electron chi connectivity index (χ4n) is 1.74. The van der Waals surface area contributed by atoms with E-state index >= 15 is 0 Å². The Kier molecular flexibility index (Phi) is 6.34. The molecular weight excluding hydrogens is 300 g/mol. The lowest BCUT2D eigenvalue weighted by atomic mass is 10.2. The van der Waals surface area contributed by atoms with Gasteiger partial charge in [-0.25, -0.2) is 0 Å². The topological polar surface area (TPSA) is 89.8 Å². The third-order valence-corrected chi connectivity index (χ3v) is 2.84. The Labute approximate surface area is 133 Å². The maximum Gasteiger partial charge on any atom is 0.291 e. The number of hydrogen-bond acceptors (Lipinski definition) is 5. The summed E-state index contributed by atoms with van der Waals surface area (Å²) in [4.78, 5) is 23.4. The van der Waals surface area contributed by atoms with Crippen LogP contribution in [0.3, 0.4) is 0 Å². The molecule has 0 radical (unpaired) electrons. The molecule has 2 rings (SSSR count). The van der Waals surface area contributed by atoms with E-state index in [0.29, 0.717) is 24.6 Å². The van der Waals surface area contributed by atoms with Crippen LogP contribution in [-0.2, 0) is 14.3 Å². The lowest BCUT2D eigenvalue weighted by Gasteiger charge is -2.08. The molecule has 0 saturated carbocycles. The lowest BCUT2D eigenvalue weighted by Crippen LogP contribution is -2.19. The highest BCUT2D eigenvalue weighted by molar-refractivity contribution is 6.02. The third-order valence-electron chi connectivity index (χ3n) is 2.84. The van der Waals surface area contributed by atoms with Crippen LogP contribution in [0.15, 0.2) is 47.1 Å². The molecule has 0 unspecified atom stereocenters. The average Bonchev–Trinajstić information content (AvgIpc) is 3.08. The molecular formula is C16H18N2O5. The maximum atomic E-state index is 11.8. The summed E-state index contributed by atoms with van der Waals surface area (Å²) in [5, 5.41) is 5.38. The maximum absolute atomic E-state index is 11.8. The second kappa shape index (κ2) is 8.72. The highest BCUT2D eigenvalue weighted by Crippen LogP contribution is 2.14. The number of rotatable bonds is 8. The van der Waals surface area contributed by atoms with Gasteiger partial charge in [0, 0.05) is 18.5 Å². The van der Waals surface area contributed by atoms with Gasteiger partial charge in [-0.3, -0.25) is 9.59 Å². The quantitative estimate of drug-likeness (QED) is 0.728. The van der Waals surface area contributed by atoms with Crippen molar-refractivity contribution in [3.05, 3.63) is 48.4 Å². The molecule has 2 N–H and O–H groups in total. The number of nitrogens with one attached hydrogen (secondary N) is 2. The summed E-state index contributed by atoms with van der Waals surface area (Å²) in [7, 11) is 1.57. The van der Waals surface area contributed by atoms with Crippen LogP contribution >= 0.6 is 0 Å². The van der Waals surface area contributed by atoms with Crippen LogP contribution in [0.5, 0.6) is 0 Å². The lowest BCUT2D eigenvalue weighted by molar-refractivity contribution is -0.121. The first-order valence-corrected chi connectivity index (χ1v) is 7.00. The zero-order valence-corrected chi connectivity index (χ0v) is 12.7. The summed E-state index contributed by atoms with van der Waals surface area (Å²) < 4.78 is 14.9. The van der Waals surface area contributed by atoms with Crippen molar-refractivity contribution in [2.75, 3.05) is 37.6 Å². The van der Waals surface area contributed by atoms with E-state index in [0.717, 1.165) is 0 Å². The summed E-state index contributed by atoms with van der Waals surface area (Å²) in [5.41, 5.74) is 1.21. The van der Waals surface area contributed by atoms with Crippen molar-refractivity contribution in [3.8, 4) is 0 Å². The van der Waals surface area contributed by atoms with Crippen molar-refractivity contribution in [1.29, 1.82) is 0 Å². The SMILES string of the molecule is COCCOCC(=O)Nc1ccc(NC(=O)c2ccco2)cc1. The molecule has 1 heterocycles. The number of furan rings is 1. The van der Waals surface area contributed by atoms with Crippen molar-refractivity contribution in [2.45, 2.75) is 0 Å². The van der Waals surface area contributed by atoms with Gasteiger partial charge in [-0.1, -0.05) is 0 Å².